The van der Waals surface area contributed by atoms with Gasteiger partial charge < -0.3 is 15.4 Å². The molecule has 0 fully saturated rings. The number of ether oxygens (including phenoxy) is 1. The van der Waals surface area contributed by atoms with E-state index in [0.29, 0.717) is 19.7 Å². The third-order valence-electron chi connectivity index (χ3n) is 2.64. The summed E-state index contributed by atoms with van der Waals surface area (Å²) < 4.78 is 6.65. The predicted molar refractivity (Wildman–Crippen MR) is 69.1 cm³/mol. The number of carbonyl (C=O) groups excluding carboxylic acids is 1. The van der Waals surface area contributed by atoms with Crippen LogP contribution in [0.25, 0.3) is 0 Å². The Morgan fingerprint density at radius 1 is 1.61 bits per heavy atom. The molecule has 18 heavy (non-hydrogen) atoms. The Bertz CT molecular complexity index is 365. The van der Waals surface area contributed by atoms with E-state index >= 15 is 0 Å². The van der Waals surface area contributed by atoms with Crippen molar-refractivity contribution in [1.82, 2.24) is 20.4 Å². The predicted octanol–water partition coefficient (Wildman–Crippen LogP) is 0.223. The first-order valence-corrected chi connectivity index (χ1v) is 6.11. The van der Waals surface area contributed by atoms with Crippen molar-refractivity contribution in [2.24, 2.45) is 7.05 Å². The SMILES string of the molecule is COCCCNC(=O)CNC(C)c1cnn(C)c1. The van der Waals surface area contributed by atoms with Crippen LogP contribution in [0.3, 0.4) is 0 Å². The molecule has 0 saturated heterocycles. The highest BCUT2D eigenvalue weighted by Crippen LogP contribution is 2.09. The molecule has 0 aliphatic carbocycles. The molecule has 102 valence electrons. The molecule has 0 saturated carbocycles. The number of nitrogens with zero attached hydrogens (tertiary/aromatic N) is 2. The van der Waals surface area contributed by atoms with Gasteiger partial charge in [-0.2, -0.15) is 5.10 Å². The summed E-state index contributed by atoms with van der Waals surface area (Å²) >= 11 is 0. The van der Waals surface area contributed by atoms with Crippen molar-refractivity contribution in [1.29, 1.82) is 0 Å². The third-order valence-corrected chi connectivity index (χ3v) is 2.64. The average Bonchev–Trinajstić information content (AvgIpc) is 2.78. The zero-order chi connectivity index (χ0) is 13.4. The van der Waals surface area contributed by atoms with Crippen LogP contribution >= 0.6 is 0 Å². The highest BCUT2D eigenvalue weighted by Gasteiger charge is 2.08. The van der Waals surface area contributed by atoms with Gasteiger partial charge in [0, 0.05) is 45.1 Å². The molecule has 0 radical (unpaired) electrons. The maximum Gasteiger partial charge on any atom is 0.233 e. The van der Waals surface area contributed by atoms with Crippen LogP contribution in [-0.2, 0) is 16.6 Å². The van der Waals surface area contributed by atoms with Crippen molar-refractivity contribution in [3.63, 3.8) is 0 Å². The maximum absolute atomic E-state index is 11.5. The molecule has 1 rings (SSSR count). The van der Waals surface area contributed by atoms with Crippen molar-refractivity contribution in [2.45, 2.75) is 19.4 Å². The third kappa shape index (κ3) is 5.29. The summed E-state index contributed by atoms with van der Waals surface area (Å²) in [5, 5.41) is 10.1. The minimum absolute atomic E-state index is 0.00171. The van der Waals surface area contributed by atoms with Crippen molar-refractivity contribution in [3.8, 4) is 0 Å². The normalized spacial score (nSPS) is 12.4. The number of hydrogen-bond donors (Lipinski definition) is 2. The van der Waals surface area contributed by atoms with Crippen molar-refractivity contribution < 1.29 is 9.53 Å². The first-order chi connectivity index (χ1) is 8.63. The van der Waals surface area contributed by atoms with E-state index in [2.05, 4.69) is 15.7 Å². The van der Waals surface area contributed by atoms with Gasteiger partial charge in [0.25, 0.3) is 0 Å². The van der Waals surface area contributed by atoms with Crippen molar-refractivity contribution >= 4 is 5.91 Å². The molecule has 0 aliphatic rings. The second-order valence-electron chi connectivity index (χ2n) is 4.25. The van der Waals surface area contributed by atoms with Crippen LogP contribution in [0.2, 0.25) is 0 Å². The summed E-state index contributed by atoms with van der Waals surface area (Å²) in [5.74, 6) is 0.00171. The van der Waals surface area contributed by atoms with E-state index in [9.17, 15) is 4.79 Å². The van der Waals surface area contributed by atoms with Gasteiger partial charge >= 0.3 is 0 Å². The van der Waals surface area contributed by atoms with Crippen molar-refractivity contribution in [3.05, 3.63) is 18.0 Å². The molecule has 1 amide bonds. The average molecular weight is 254 g/mol. The van der Waals surface area contributed by atoms with Gasteiger partial charge in [-0.15, -0.1) is 0 Å². The molecule has 0 aliphatic heterocycles. The number of nitrogens with one attached hydrogen (secondary N) is 2. The Labute approximate surface area is 108 Å². The number of rotatable bonds is 8. The van der Waals surface area contributed by atoms with Crippen LogP contribution < -0.4 is 10.6 Å². The quantitative estimate of drug-likeness (QED) is 0.651. The van der Waals surface area contributed by atoms with E-state index in [1.807, 2.05) is 20.2 Å². The molecular formula is C12H22N4O2. The highest BCUT2D eigenvalue weighted by molar-refractivity contribution is 5.77. The van der Waals surface area contributed by atoms with Gasteiger partial charge in [0.05, 0.1) is 12.7 Å². The van der Waals surface area contributed by atoms with E-state index in [1.54, 1.807) is 18.0 Å². The molecule has 0 spiro atoms. The minimum Gasteiger partial charge on any atom is -0.385 e. The molecule has 2 N–H and O–H groups in total. The molecule has 1 heterocycles. The lowest BCUT2D eigenvalue weighted by Crippen LogP contribution is -2.35. The van der Waals surface area contributed by atoms with Crippen LogP contribution in [0.4, 0.5) is 0 Å². The van der Waals surface area contributed by atoms with E-state index < -0.39 is 0 Å². The first-order valence-electron chi connectivity index (χ1n) is 6.11. The standard InChI is InChI=1S/C12H22N4O2/c1-10(11-7-15-16(2)9-11)14-8-12(17)13-5-4-6-18-3/h7,9-10,14H,4-6,8H2,1-3H3,(H,13,17). The van der Waals surface area contributed by atoms with Crippen LogP contribution in [0.15, 0.2) is 12.4 Å². The van der Waals surface area contributed by atoms with Gasteiger partial charge in [-0.1, -0.05) is 0 Å². The Hall–Kier alpha value is -1.40. The lowest BCUT2D eigenvalue weighted by atomic mass is 10.2. The summed E-state index contributed by atoms with van der Waals surface area (Å²) in [7, 11) is 3.53. The Morgan fingerprint density at radius 3 is 3.00 bits per heavy atom. The number of amides is 1. The number of carbonyl (C=O) groups is 1. The summed E-state index contributed by atoms with van der Waals surface area (Å²) in [6.45, 7) is 3.63. The maximum atomic E-state index is 11.5. The molecule has 1 atom stereocenters. The zero-order valence-electron chi connectivity index (χ0n) is 11.3. The van der Waals surface area contributed by atoms with E-state index in [1.165, 1.54) is 0 Å². The van der Waals surface area contributed by atoms with Crippen LogP contribution in [0.5, 0.6) is 0 Å². The number of aromatic nitrogens is 2. The summed E-state index contributed by atoms with van der Waals surface area (Å²) in [6, 6.07) is 0.114. The summed E-state index contributed by atoms with van der Waals surface area (Å²) in [6.07, 6.45) is 4.57. The minimum atomic E-state index is 0.00171. The van der Waals surface area contributed by atoms with Crippen LogP contribution in [0, 0.1) is 0 Å². The second kappa shape index (κ2) is 7.84. The fourth-order valence-electron chi connectivity index (χ4n) is 1.53. The molecular weight excluding hydrogens is 232 g/mol. The topological polar surface area (TPSA) is 68.2 Å². The van der Waals surface area contributed by atoms with E-state index in [0.717, 1.165) is 12.0 Å². The molecule has 0 bridgehead atoms. The monoisotopic (exact) mass is 254 g/mol. The molecule has 6 heteroatoms. The van der Waals surface area contributed by atoms with Crippen LogP contribution in [0.1, 0.15) is 24.9 Å². The van der Waals surface area contributed by atoms with Crippen LogP contribution in [-0.4, -0.2) is 42.5 Å². The van der Waals surface area contributed by atoms with Gasteiger partial charge in [-0.25, -0.2) is 0 Å². The summed E-state index contributed by atoms with van der Waals surface area (Å²) in [4.78, 5) is 11.5. The van der Waals surface area contributed by atoms with Gasteiger partial charge in [-0.05, 0) is 13.3 Å². The lowest BCUT2D eigenvalue weighted by Gasteiger charge is -2.11. The molecule has 1 aromatic heterocycles. The fraction of sp³-hybridized carbons (Fsp3) is 0.667. The lowest BCUT2D eigenvalue weighted by molar-refractivity contribution is -0.120. The van der Waals surface area contributed by atoms with E-state index in [4.69, 9.17) is 4.74 Å². The molecule has 6 nitrogen and oxygen atoms in total. The zero-order valence-corrected chi connectivity index (χ0v) is 11.3. The molecule has 1 aromatic rings. The number of hydrogen-bond acceptors (Lipinski definition) is 4. The number of aryl methyl sites for hydroxylation is 1. The van der Waals surface area contributed by atoms with Gasteiger partial charge in [-0.3, -0.25) is 9.48 Å². The molecule has 1 unspecified atom stereocenters. The molecule has 0 aromatic carbocycles. The van der Waals surface area contributed by atoms with Gasteiger partial charge in [0.15, 0.2) is 0 Å². The number of methoxy groups -OCH3 is 1. The Morgan fingerprint density at radius 2 is 2.39 bits per heavy atom. The van der Waals surface area contributed by atoms with Crippen molar-refractivity contribution in [2.75, 3.05) is 26.8 Å². The van der Waals surface area contributed by atoms with Gasteiger partial charge in [0.1, 0.15) is 0 Å². The smallest absolute Gasteiger partial charge is 0.233 e. The fourth-order valence-corrected chi connectivity index (χ4v) is 1.53. The highest BCUT2D eigenvalue weighted by atomic mass is 16.5. The summed E-state index contributed by atoms with van der Waals surface area (Å²) in [5.41, 5.74) is 1.07. The van der Waals surface area contributed by atoms with E-state index in [-0.39, 0.29) is 11.9 Å². The largest absolute Gasteiger partial charge is 0.385 e. The van der Waals surface area contributed by atoms with Gasteiger partial charge in [0.2, 0.25) is 5.91 Å². The Kier molecular flexibility index (Phi) is 6.38. The Balaban J connectivity index is 2.18. The second-order valence-corrected chi connectivity index (χ2v) is 4.25. The first kappa shape index (κ1) is 14.7.